The Kier molecular flexibility index (Phi) is 7.71. The number of hydrogen-bond acceptors (Lipinski definition) is 7. The number of rotatable bonds is 6. The fourth-order valence-electron chi connectivity index (χ4n) is 10.1. The summed E-state index contributed by atoms with van der Waals surface area (Å²) in [6.45, 7) is 2.78. The molecule has 9 rings (SSSR count). The van der Waals surface area contributed by atoms with Crippen molar-refractivity contribution in [2.75, 3.05) is 37.7 Å². The highest BCUT2D eigenvalue weighted by Crippen LogP contribution is 2.47. The molecule has 0 spiro atoms. The van der Waals surface area contributed by atoms with Gasteiger partial charge in [0.05, 0.1) is 23.0 Å². The highest BCUT2D eigenvalue weighted by Gasteiger charge is 2.51. The molecule has 4 aliphatic heterocycles. The first-order valence-electron chi connectivity index (χ1n) is 18.0. The predicted molar refractivity (Wildman–Crippen MR) is 188 cm³/mol. The standard InChI is InChI=1S/C40H39F4N5O2/c1-2-28-31(42)9-8-24-14-27(50)15-29(33(24)28)34-32(43)16-30-36(35(34)44)45-38(51-22-39-11-5-13-49(39)19-23(17-39)18-41)46-37(30)48-20-26-10-12-40(21-48,47-26)25-6-3-4-7-25/h1,8-9,14-16,18,25-26,47,50H,3-7,10-13,17,19-22H2/b23-18-/t26-,39-,40+/m0/s1. The van der Waals surface area contributed by atoms with E-state index in [-0.39, 0.29) is 57.4 Å². The van der Waals surface area contributed by atoms with Gasteiger partial charge in [-0.1, -0.05) is 24.8 Å². The van der Waals surface area contributed by atoms with Gasteiger partial charge in [-0.3, -0.25) is 4.90 Å². The van der Waals surface area contributed by atoms with Crippen molar-refractivity contribution in [1.82, 2.24) is 20.2 Å². The monoisotopic (exact) mass is 697 g/mol. The SMILES string of the molecule is C#Cc1c(F)ccc2cc(O)cc(-c3c(F)cc4c(N5C[C@@H]6CC[C@](C7CCCC7)(C5)N6)nc(OC[C@@]56CCCN5C/C(=C\F)C6)nc4c3F)c12. The van der Waals surface area contributed by atoms with Crippen LogP contribution < -0.4 is 15.0 Å². The molecule has 1 aliphatic carbocycles. The van der Waals surface area contributed by atoms with Gasteiger partial charge in [0.1, 0.15) is 35.3 Å². The number of nitrogens with one attached hydrogen (secondary N) is 1. The lowest BCUT2D eigenvalue weighted by atomic mass is 9.80. The van der Waals surface area contributed by atoms with Crippen molar-refractivity contribution in [3.8, 4) is 35.2 Å². The third kappa shape index (κ3) is 5.16. The summed E-state index contributed by atoms with van der Waals surface area (Å²) in [5.41, 5.74) is -0.723. The van der Waals surface area contributed by atoms with Crippen molar-refractivity contribution < 1.29 is 27.4 Å². The number of aromatic hydroxyl groups is 1. The lowest BCUT2D eigenvalue weighted by molar-refractivity contribution is 0.108. The molecular formula is C40H39F4N5O2. The van der Waals surface area contributed by atoms with Crippen molar-refractivity contribution >= 4 is 27.5 Å². The summed E-state index contributed by atoms with van der Waals surface area (Å²) in [7, 11) is 0. The molecule has 0 amide bonds. The first-order chi connectivity index (χ1) is 24.7. The highest BCUT2D eigenvalue weighted by molar-refractivity contribution is 6.04. The van der Waals surface area contributed by atoms with E-state index in [2.05, 4.69) is 26.0 Å². The van der Waals surface area contributed by atoms with Crippen LogP contribution >= 0.6 is 0 Å². The Hall–Kier alpha value is -4.40. The number of anilines is 1. The Labute approximate surface area is 293 Å². The Morgan fingerprint density at radius 3 is 2.71 bits per heavy atom. The van der Waals surface area contributed by atoms with E-state index in [1.54, 1.807) is 0 Å². The number of halogens is 4. The van der Waals surface area contributed by atoms with Crippen LogP contribution in [-0.2, 0) is 0 Å². The van der Waals surface area contributed by atoms with Crippen LogP contribution in [0.3, 0.4) is 0 Å². The number of phenolic OH excluding ortho intramolecular Hbond substituents is 1. The number of terminal acetylenes is 1. The highest BCUT2D eigenvalue weighted by atomic mass is 19.1. The van der Waals surface area contributed by atoms with Crippen molar-refractivity contribution in [2.45, 2.75) is 74.9 Å². The summed E-state index contributed by atoms with van der Waals surface area (Å²) in [6, 6.07) is 6.53. The van der Waals surface area contributed by atoms with Crippen LogP contribution in [0, 0.1) is 35.7 Å². The number of piperazine rings is 1. The van der Waals surface area contributed by atoms with Gasteiger partial charge in [-0.25, -0.2) is 17.6 Å². The number of fused-ring (bicyclic) bond motifs is 5. The molecule has 0 radical (unpaired) electrons. The van der Waals surface area contributed by atoms with Gasteiger partial charge in [0.15, 0.2) is 5.82 Å². The minimum absolute atomic E-state index is 0.0511. The molecule has 1 saturated carbocycles. The topological polar surface area (TPSA) is 73.8 Å². The molecular weight excluding hydrogens is 658 g/mol. The third-order valence-corrected chi connectivity index (χ3v) is 12.4. The number of aromatic nitrogens is 2. The molecule has 5 heterocycles. The summed E-state index contributed by atoms with van der Waals surface area (Å²) >= 11 is 0. The van der Waals surface area contributed by atoms with E-state index in [0.29, 0.717) is 55.1 Å². The fraction of sp³-hybridized carbons (Fsp3) is 0.450. The summed E-state index contributed by atoms with van der Waals surface area (Å²) in [6.07, 6.45) is 15.4. The van der Waals surface area contributed by atoms with Crippen molar-refractivity contribution in [3.63, 3.8) is 0 Å². The van der Waals surface area contributed by atoms with Crippen LogP contribution in [0.15, 0.2) is 42.2 Å². The van der Waals surface area contributed by atoms with E-state index in [1.165, 1.54) is 37.1 Å². The molecule has 3 aromatic carbocycles. The van der Waals surface area contributed by atoms with E-state index in [9.17, 15) is 13.9 Å². The zero-order valence-electron chi connectivity index (χ0n) is 28.3. The van der Waals surface area contributed by atoms with Crippen LogP contribution in [0.1, 0.15) is 63.4 Å². The van der Waals surface area contributed by atoms with E-state index >= 15 is 8.78 Å². The largest absolute Gasteiger partial charge is 0.508 e. The Morgan fingerprint density at radius 1 is 1.06 bits per heavy atom. The van der Waals surface area contributed by atoms with E-state index in [4.69, 9.17) is 16.1 Å². The van der Waals surface area contributed by atoms with Crippen LogP contribution in [0.4, 0.5) is 23.4 Å². The van der Waals surface area contributed by atoms with Crippen LogP contribution in [0.25, 0.3) is 32.8 Å². The summed E-state index contributed by atoms with van der Waals surface area (Å²) in [5, 5.41) is 15.2. The van der Waals surface area contributed by atoms with Crippen LogP contribution in [-0.4, -0.2) is 69.9 Å². The van der Waals surface area contributed by atoms with Crippen molar-refractivity contribution in [2.24, 2.45) is 5.92 Å². The number of benzene rings is 3. The Bertz CT molecular complexity index is 2160. The van der Waals surface area contributed by atoms with Gasteiger partial charge >= 0.3 is 6.01 Å². The van der Waals surface area contributed by atoms with E-state index in [0.717, 1.165) is 51.1 Å². The number of hydrogen-bond donors (Lipinski definition) is 2. The summed E-state index contributed by atoms with van der Waals surface area (Å²) < 4.78 is 68.7. The second-order valence-electron chi connectivity index (χ2n) is 15.3. The van der Waals surface area contributed by atoms with E-state index in [1.807, 2.05) is 0 Å². The van der Waals surface area contributed by atoms with E-state index < -0.39 is 28.6 Å². The van der Waals surface area contributed by atoms with Gasteiger partial charge in [-0.15, -0.1) is 6.42 Å². The average Bonchev–Trinajstić information content (AvgIpc) is 3.92. The molecule has 7 nitrogen and oxygen atoms in total. The zero-order chi connectivity index (χ0) is 35.1. The molecule has 51 heavy (non-hydrogen) atoms. The molecule has 2 N–H and O–H groups in total. The van der Waals surface area contributed by atoms with Crippen molar-refractivity contribution in [3.05, 3.63) is 65.2 Å². The molecule has 2 bridgehead atoms. The molecule has 4 aromatic rings. The van der Waals surface area contributed by atoms with Crippen molar-refractivity contribution in [1.29, 1.82) is 0 Å². The first-order valence-corrected chi connectivity index (χ1v) is 18.0. The number of phenols is 1. The van der Waals surface area contributed by atoms with Crippen LogP contribution in [0.2, 0.25) is 0 Å². The lowest BCUT2D eigenvalue weighted by Crippen LogP contribution is -2.62. The molecule has 11 heteroatoms. The molecule has 264 valence electrons. The normalized spacial score (nSPS) is 27.2. The van der Waals surface area contributed by atoms with Crippen LogP contribution in [0.5, 0.6) is 11.8 Å². The molecule has 5 fully saturated rings. The number of nitrogens with zero attached hydrogens (tertiary/aromatic N) is 4. The minimum atomic E-state index is -0.995. The minimum Gasteiger partial charge on any atom is -0.508 e. The first kappa shape index (κ1) is 32.5. The summed E-state index contributed by atoms with van der Waals surface area (Å²) in [5.74, 6) is 0.328. The maximum absolute atomic E-state index is 17.2. The molecule has 3 atom stereocenters. The predicted octanol–water partition coefficient (Wildman–Crippen LogP) is 7.53. The summed E-state index contributed by atoms with van der Waals surface area (Å²) in [4.78, 5) is 13.8. The maximum atomic E-state index is 17.2. The van der Waals surface area contributed by atoms with Gasteiger partial charge in [-0.2, -0.15) is 9.97 Å². The lowest BCUT2D eigenvalue weighted by Gasteiger charge is -2.45. The van der Waals surface area contributed by atoms with Gasteiger partial charge < -0.3 is 20.1 Å². The molecule has 0 unspecified atom stereocenters. The Morgan fingerprint density at radius 2 is 1.90 bits per heavy atom. The molecule has 4 saturated heterocycles. The third-order valence-electron chi connectivity index (χ3n) is 12.4. The van der Waals surface area contributed by atoms with Gasteiger partial charge in [0.25, 0.3) is 0 Å². The second kappa shape index (κ2) is 12.1. The van der Waals surface area contributed by atoms with Gasteiger partial charge in [0, 0.05) is 47.6 Å². The zero-order valence-corrected chi connectivity index (χ0v) is 28.3. The number of ether oxygens (including phenoxy) is 1. The second-order valence-corrected chi connectivity index (χ2v) is 15.3. The van der Waals surface area contributed by atoms with Gasteiger partial charge in [0.2, 0.25) is 0 Å². The smallest absolute Gasteiger partial charge is 0.319 e. The average molecular weight is 698 g/mol. The van der Waals surface area contributed by atoms with Gasteiger partial charge in [-0.05, 0) is 92.6 Å². The Balaban J connectivity index is 1.21. The maximum Gasteiger partial charge on any atom is 0.319 e. The molecule has 5 aliphatic rings. The molecule has 1 aromatic heterocycles. The fourth-order valence-corrected chi connectivity index (χ4v) is 10.1. The quantitative estimate of drug-likeness (QED) is 0.160.